The molecule has 4 N–H and O–H groups in total. The molecule has 33 heavy (non-hydrogen) atoms. The van der Waals surface area contributed by atoms with E-state index in [0.717, 1.165) is 11.1 Å². The normalized spacial score (nSPS) is 23.7. The molecule has 1 saturated heterocycles. The van der Waals surface area contributed by atoms with Gasteiger partial charge in [-0.05, 0) is 36.1 Å². The van der Waals surface area contributed by atoms with E-state index in [9.17, 15) is 19.2 Å². The Kier molecular flexibility index (Phi) is 5.33. The molecule has 4 amide bonds. The first-order valence-corrected chi connectivity index (χ1v) is 10.9. The Balaban J connectivity index is 1.23. The molecule has 3 atom stereocenters. The second kappa shape index (κ2) is 8.32. The predicted octanol–water partition coefficient (Wildman–Crippen LogP) is 0.567. The van der Waals surface area contributed by atoms with Gasteiger partial charge in [0.25, 0.3) is 11.8 Å². The predicted molar refractivity (Wildman–Crippen MR) is 117 cm³/mol. The van der Waals surface area contributed by atoms with Gasteiger partial charge in [-0.2, -0.15) is 0 Å². The van der Waals surface area contributed by atoms with Crippen LogP contribution in [-0.4, -0.2) is 47.2 Å². The Labute approximate surface area is 190 Å². The number of fused-ring (bicyclic) bond motifs is 2. The molecular formula is C24H24N4O5. The third-order valence-electron chi connectivity index (χ3n) is 6.53. The third-order valence-corrected chi connectivity index (χ3v) is 6.53. The van der Waals surface area contributed by atoms with Crippen LogP contribution in [0.5, 0.6) is 5.75 Å². The van der Waals surface area contributed by atoms with Crippen molar-refractivity contribution in [2.45, 2.75) is 43.9 Å². The highest BCUT2D eigenvalue weighted by atomic mass is 16.5. The minimum atomic E-state index is -0.704. The largest absolute Gasteiger partial charge is 0.483 e. The molecule has 1 unspecified atom stereocenters. The molecule has 0 bridgehead atoms. The van der Waals surface area contributed by atoms with Gasteiger partial charge in [0.1, 0.15) is 11.8 Å². The number of ether oxygens (including phenoxy) is 1. The molecule has 0 aromatic heterocycles. The highest BCUT2D eigenvalue weighted by molar-refractivity contribution is 6.05. The first-order valence-electron chi connectivity index (χ1n) is 10.9. The number of imide groups is 1. The summed E-state index contributed by atoms with van der Waals surface area (Å²) in [5.74, 6) is -0.968. The smallest absolute Gasteiger partial charge is 0.258 e. The number of nitrogens with two attached hydrogens (primary N) is 1. The van der Waals surface area contributed by atoms with Gasteiger partial charge < -0.3 is 20.7 Å². The number of amides is 4. The molecule has 3 aliphatic rings. The van der Waals surface area contributed by atoms with Gasteiger partial charge in [0.05, 0.1) is 18.6 Å². The number of nitrogens with zero attached hydrogens (tertiary/aromatic N) is 1. The minimum absolute atomic E-state index is 0.182. The fourth-order valence-electron chi connectivity index (χ4n) is 4.85. The number of nitrogens with one attached hydrogen (secondary N) is 2. The summed E-state index contributed by atoms with van der Waals surface area (Å²) < 4.78 is 5.77. The zero-order chi connectivity index (χ0) is 23.1. The van der Waals surface area contributed by atoms with Gasteiger partial charge in [-0.3, -0.25) is 24.5 Å². The maximum atomic E-state index is 12.9. The van der Waals surface area contributed by atoms with Crippen molar-refractivity contribution < 1.29 is 23.9 Å². The molecule has 9 heteroatoms. The molecule has 2 heterocycles. The molecule has 0 saturated carbocycles. The van der Waals surface area contributed by atoms with E-state index in [-0.39, 0.29) is 55.8 Å². The molecule has 0 radical (unpaired) electrons. The summed E-state index contributed by atoms with van der Waals surface area (Å²) >= 11 is 0. The van der Waals surface area contributed by atoms with Crippen LogP contribution in [0.25, 0.3) is 0 Å². The van der Waals surface area contributed by atoms with Crippen molar-refractivity contribution >= 4 is 23.6 Å². The second-order valence-corrected chi connectivity index (χ2v) is 8.57. The highest BCUT2D eigenvalue weighted by Crippen LogP contribution is 2.34. The molecular weight excluding hydrogens is 424 g/mol. The van der Waals surface area contributed by atoms with Crippen molar-refractivity contribution in [1.82, 2.24) is 15.5 Å². The van der Waals surface area contributed by atoms with Gasteiger partial charge in [0, 0.05) is 17.5 Å². The summed E-state index contributed by atoms with van der Waals surface area (Å²) in [4.78, 5) is 50.6. The zero-order valence-electron chi connectivity index (χ0n) is 17.9. The summed E-state index contributed by atoms with van der Waals surface area (Å²) in [5, 5.41) is 5.23. The van der Waals surface area contributed by atoms with Crippen LogP contribution in [0.2, 0.25) is 0 Å². The average Bonchev–Trinajstić information content (AvgIpc) is 3.30. The van der Waals surface area contributed by atoms with Crippen LogP contribution >= 0.6 is 0 Å². The van der Waals surface area contributed by atoms with Gasteiger partial charge >= 0.3 is 0 Å². The fraction of sp³-hybridized carbons (Fsp3) is 0.333. The van der Waals surface area contributed by atoms with Crippen molar-refractivity contribution in [2.75, 3.05) is 6.61 Å². The molecule has 1 aliphatic carbocycles. The van der Waals surface area contributed by atoms with Gasteiger partial charge in [-0.1, -0.05) is 30.3 Å². The van der Waals surface area contributed by atoms with E-state index in [2.05, 4.69) is 10.6 Å². The standard InChI is InChI=1S/C24H24N4O5/c25-22-14-5-2-1-4-13(14)10-17(22)26-21(30)12-33-19-7-3-6-15-16(19)11-28(24(15)32)18-8-9-20(29)27-23(18)31/h1-7,17-18,22H,8-12,25H2,(H,26,30)(H,27,29,31)/t17-,18?,22-/m1/s1. The number of hydrogen-bond donors (Lipinski definition) is 3. The minimum Gasteiger partial charge on any atom is -0.483 e. The van der Waals surface area contributed by atoms with Crippen LogP contribution in [0, 0.1) is 0 Å². The highest BCUT2D eigenvalue weighted by Gasteiger charge is 2.40. The molecule has 1 fully saturated rings. The molecule has 9 nitrogen and oxygen atoms in total. The van der Waals surface area contributed by atoms with Crippen molar-refractivity contribution in [2.24, 2.45) is 5.73 Å². The van der Waals surface area contributed by atoms with E-state index in [1.54, 1.807) is 18.2 Å². The summed E-state index contributed by atoms with van der Waals surface area (Å²) in [6, 6.07) is 11.7. The van der Waals surface area contributed by atoms with Crippen LogP contribution < -0.4 is 21.1 Å². The Morgan fingerprint density at radius 1 is 1.15 bits per heavy atom. The lowest BCUT2D eigenvalue weighted by atomic mass is 10.0. The fourth-order valence-corrected chi connectivity index (χ4v) is 4.85. The molecule has 5 rings (SSSR count). The number of hydrogen-bond acceptors (Lipinski definition) is 6. The van der Waals surface area contributed by atoms with E-state index < -0.39 is 11.9 Å². The number of benzene rings is 2. The Hall–Kier alpha value is -3.72. The van der Waals surface area contributed by atoms with Crippen molar-refractivity contribution in [3.8, 4) is 5.75 Å². The van der Waals surface area contributed by atoms with E-state index in [4.69, 9.17) is 10.5 Å². The summed E-state index contributed by atoms with van der Waals surface area (Å²) in [6.45, 7) is -0.0380. The van der Waals surface area contributed by atoms with E-state index in [0.29, 0.717) is 23.3 Å². The van der Waals surface area contributed by atoms with Crippen LogP contribution in [0.3, 0.4) is 0 Å². The third kappa shape index (κ3) is 3.84. The maximum absolute atomic E-state index is 12.9. The first kappa shape index (κ1) is 21.1. The monoisotopic (exact) mass is 448 g/mol. The van der Waals surface area contributed by atoms with E-state index in [1.165, 1.54) is 4.90 Å². The molecule has 2 aromatic carbocycles. The number of piperidine rings is 1. The van der Waals surface area contributed by atoms with Crippen molar-refractivity contribution in [1.29, 1.82) is 0 Å². The van der Waals surface area contributed by atoms with E-state index >= 15 is 0 Å². The van der Waals surface area contributed by atoms with Crippen molar-refractivity contribution in [3.63, 3.8) is 0 Å². The van der Waals surface area contributed by atoms with E-state index in [1.807, 2.05) is 24.3 Å². The lowest BCUT2D eigenvalue weighted by molar-refractivity contribution is -0.137. The topological polar surface area (TPSA) is 131 Å². The van der Waals surface area contributed by atoms with Crippen LogP contribution in [0.1, 0.15) is 45.9 Å². The summed E-state index contributed by atoms with van der Waals surface area (Å²) in [5.41, 5.74) is 9.52. The quantitative estimate of drug-likeness (QED) is 0.573. The molecule has 170 valence electrons. The van der Waals surface area contributed by atoms with Crippen LogP contribution in [0.15, 0.2) is 42.5 Å². The summed E-state index contributed by atoms with van der Waals surface area (Å²) in [6.07, 6.45) is 1.14. The zero-order valence-corrected chi connectivity index (χ0v) is 17.9. The SMILES string of the molecule is N[C@@H]1c2ccccc2C[C@H]1NC(=O)COc1cccc2c1CN(C1CCC(=O)NC1=O)C2=O. The van der Waals surface area contributed by atoms with Crippen LogP contribution in [0.4, 0.5) is 0 Å². The Morgan fingerprint density at radius 2 is 1.97 bits per heavy atom. The number of carbonyl (C=O) groups is 4. The Morgan fingerprint density at radius 3 is 2.76 bits per heavy atom. The van der Waals surface area contributed by atoms with Gasteiger partial charge in [0.15, 0.2) is 6.61 Å². The van der Waals surface area contributed by atoms with Gasteiger partial charge in [0.2, 0.25) is 11.8 Å². The molecule has 0 spiro atoms. The van der Waals surface area contributed by atoms with Gasteiger partial charge in [-0.25, -0.2) is 0 Å². The second-order valence-electron chi connectivity index (χ2n) is 8.57. The summed E-state index contributed by atoms with van der Waals surface area (Å²) in [7, 11) is 0. The average molecular weight is 448 g/mol. The molecule has 2 aliphatic heterocycles. The first-order chi connectivity index (χ1) is 15.9. The number of rotatable bonds is 5. The lowest BCUT2D eigenvalue weighted by Gasteiger charge is -2.29. The Bertz CT molecular complexity index is 1160. The lowest BCUT2D eigenvalue weighted by Crippen LogP contribution is -2.52. The van der Waals surface area contributed by atoms with Crippen LogP contribution in [-0.2, 0) is 27.3 Å². The van der Waals surface area contributed by atoms with Gasteiger partial charge in [-0.15, -0.1) is 0 Å². The number of carbonyl (C=O) groups excluding carboxylic acids is 4. The maximum Gasteiger partial charge on any atom is 0.258 e. The molecule has 2 aromatic rings. The van der Waals surface area contributed by atoms with Crippen molar-refractivity contribution in [3.05, 3.63) is 64.7 Å².